The number of thiophene rings is 1. The van der Waals surface area contributed by atoms with Crippen LogP contribution in [0.4, 0.5) is 5.00 Å². The van der Waals surface area contributed by atoms with Gasteiger partial charge in [0.2, 0.25) is 0 Å². The summed E-state index contributed by atoms with van der Waals surface area (Å²) in [6.45, 7) is 5.11. The summed E-state index contributed by atoms with van der Waals surface area (Å²) >= 11 is 7.11. The quantitative estimate of drug-likeness (QED) is 0.599. The van der Waals surface area contributed by atoms with Crippen LogP contribution < -0.4 is 10.6 Å². The topological polar surface area (TPSA) is 59.6 Å². The molecule has 1 aliphatic carbocycles. The smallest absolute Gasteiger partial charge is 0.341 e. The number of anilines is 1. The second kappa shape index (κ2) is 8.47. The molecular formula is C18H26N2O3S2. The van der Waals surface area contributed by atoms with Gasteiger partial charge >= 0.3 is 5.97 Å². The number of aryl methyl sites for hydroxylation is 1. The third kappa shape index (κ3) is 4.33. The van der Waals surface area contributed by atoms with E-state index in [0.29, 0.717) is 17.3 Å². The Balaban J connectivity index is 1.73. The van der Waals surface area contributed by atoms with Crippen LogP contribution in [0.3, 0.4) is 0 Å². The molecule has 5 nitrogen and oxygen atoms in total. The van der Waals surface area contributed by atoms with Crippen molar-refractivity contribution in [3.63, 3.8) is 0 Å². The van der Waals surface area contributed by atoms with Crippen molar-refractivity contribution >= 4 is 39.6 Å². The summed E-state index contributed by atoms with van der Waals surface area (Å²) in [7, 11) is 0. The van der Waals surface area contributed by atoms with Crippen LogP contribution in [0.5, 0.6) is 0 Å². The first-order valence-corrected chi connectivity index (χ1v) is 10.3. The fourth-order valence-electron chi connectivity index (χ4n) is 3.51. The SMILES string of the molecule is CCOC(=O)c1c(NC(=S)NC(C)C2CCCO2)sc2c1CCCC2. The second-order valence-corrected chi connectivity index (χ2v) is 8.09. The molecule has 3 rings (SSSR count). The summed E-state index contributed by atoms with van der Waals surface area (Å²) in [5, 5.41) is 7.88. The van der Waals surface area contributed by atoms with Crippen molar-refractivity contribution in [2.75, 3.05) is 18.5 Å². The molecule has 0 amide bonds. The normalized spacial score (nSPS) is 20.6. The molecule has 1 aliphatic heterocycles. The minimum absolute atomic E-state index is 0.142. The van der Waals surface area contributed by atoms with Gasteiger partial charge in [-0.2, -0.15) is 0 Å². The van der Waals surface area contributed by atoms with Gasteiger partial charge in [0.05, 0.1) is 24.3 Å². The standard InChI is InChI=1S/C18H26N2O3S2/c1-3-22-17(21)15-12-7-4-5-9-14(12)25-16(15)20-18(24)19-11(2)13-8-6-10-23-13/h11,13H,3-10H2,1-2H3,(H2,19,20,24). The van der Waals surface area contributed by atoms with Crippen LogP contribution in [-0.2, 0) is 22.3 Å². The van der Waals surface area contributed by atoms with E-state index >= 15 is 0 Å². The zero-order valence-electron chi connectivity index (χ0n) is 14.9. The van der Waals surface area contributed by atoms with Crippen LogP contribution in [0.2, 0.25) is 0 Å². The monoisotopic (exact) mass is 382 g/mol. The fourth-order valence-corrected chi connectivity index (χ4v) is 5.14. The van der Waals surface area contributed by atoms with Crippen LogP contribution in [0.15, 0.2) is 0 Å². The molecule has 2 atom stereocenters. The lowest BCUT2D eigenvalue weighted by molar-refractivity contribution is 0.0526. The molecule has 2 heterocycles. The highest BCUT2D eigenvalue weighted by molar-refractivity contribution is 7.80. The lowest BCUT2D eigenvalue weighted by Crippen LogP contribution is -2.42. The van der Waals surface area contributed by atoms with E-state index in [1.807, 2.05) is 6.92 Å². The molecule has 1 saturated heterocycles. The molecular weight excluding hydrogens is 356 g/mol. The first kappa shape index (κ1) is 18.6. The predicted octanol–water partition coefficient (Wildman–Crippen LogP) is 3.66. The van der Waals surface area contributed by atoms with Crippen LogP contribution >= 0.6 is 23.6 Å². The predicted molar refractivity (Wildman–Crippen MR) is 105 cm³/mol. The first-order valence-electron chi connectivity index (χ1n) is 9.11. The number of carbonyl (C=O) groups is 1. The zero-order valence-corrected chi connectivity index (χ0v) is 16.5. The van der Waals surface area contributed by atoms with Crippen LogP contribution in [0.25, 0.3) is 0 Å². The van der Waals surface area contributed by atoms with E-state index in [2.05, 4.69) is 17.6 Å². The average molecular weight is 383 g/mol. The van der Waals surface area contributed by atoms with Gasteiger partial charge < -0.3 is 20.1 Å². The first-order chi connectivity index (χ1) is 12.1. The molecule has 25 heavy (non-hydrogen) atoms. The van der Waals surface area contributed by atoms with Crippen molar-refractivity contribution in [1.29, 1.82) is 0 Å². The highest BCUT2D eigenvalue weighted by Crippen LogP contribution is 2.38. The molecule has 1 fully saturated rings. The van der Waals surface area contributed by atoms with Crippen molar-refractivity contribution < 1.29 is 14.3 Å². The molecule has 138 valence electrons. The third-order valence-electron chi connectivity index (χ3n) is 4.76. The Labute approximate surface area is 158 Å². The maximum Gasteiger partial charge on any atom is 0.341 e. The Morgan fingerprint density at radius 3 is 2.92 bits per heavy atom. The van der Waals surface area contributed by atoms with Gasteiger partial charge in [-0.05, 0) is 70.2 Å². The molecule has 0 bridgehead atoms. The molecule has 2 N–H and O–H groups in total. The van der Waals surface area contributed by atoms with E-state index in [1.165, 1.54) is 11.3 Å². The fraction of sp³-hybridized carbons (Fsp3) is 0.667. The molecule has 1 aromatic heterocycles. The Morgan fingerprint density at radius 2 is 2.20 bits per heavy atom. The number of hydrogen-bond donors (Lipinski definition) is 2. The molecule has 0 saturated carbocycles. The Hall–Kier alpha value is -1.18. The largest absolute Gasteiger partial charge is 0.462 e. The minimum Gasteiger partial charge on any atom is -0.462 e. The molecule has 0 spiro atoms. The van der Waals surface area contributed by atoms with Crippen LogP contribution in [-0.4, -0.2) is 36.4 Å². The molecule has 0 aromatic carbocycles. The van der Waals surface area contributed by atoms with Gasteiger partial charge in [-0.25, -0.2) is 4.79 Å². The number of fused-ring (bicyclic) bond motifs is 1. The maximum atomic E-state index is 12.5. The number of esters is 1. The van der Waals surface area contributed by atoms with E-state index in [9.17, 15) is 4.79 Å². The summed E-state index contributed by atoms with van der Waals surface area (Å²) in [4.78, 5) is 13.8. The van der Waals surface area contributed by atoms with Gasteiger partial charge in [0.1, 0.15) is 5.00 Å². The van der Waals surface area contributed by atoms with Gasteiger partial charge in [-0.15, -0.1) is 11.3 Å². The number of carbonyl (C=O) groups excluding carboxylic acids is 1. The lowest BCUT2D eigenvalue weighted by Gasteiger charge is -2.22. The van der Waals surface area contributed by atoms with Crippen LogP contribution in [0, 0.1) is 0 Å². The summed E-state index contributed by atoms with van der Waals surface area (Å²) in [5.41, 5.74) is 1.82. The highest BCUT2D eigenvalue weighted by atomic mass is 32.1. The second-order valence-electron chi connectivity index (χ2n) is 6.57. The Kier molecular flexibility index (Phi) is 6.30. The zero-order chi connectivity index (χ0) is 17.8. The summed E-state index contributed by atoms with van der Waals surface area (Å²) in [6, 6.07) is 0.142. The summed E-state index contributed by atoms with van der Waals surface area (Å²) in [6.07, 6.45) is 6.61. The third-order valence-corrected chi connectivity index (χ3v) is 6.19. The summed E-state index contributed by atoms with van der Waals surface area (Å²) < 4.78 is 11.0. The van der Waals surface area contributed by atoms with Crippen molar-refractivity contribution in [2.24, 2.45) is 0 Å². The van der Waals surface area contributed by atoms with E-state index in [1.54, 1.807) is 11.3 Å². The Bertz CT molecular complexity index is 639. The van der Waals surface area contributed by atoms with E-state index in [4.69, 9.17) is 21.7 Å². The highest BCUT2D eigenvalue weighted by Gasteiger charge is 2.28. The van der Waals surface area contributed by atoms with Crippen molar-refractivity contribution in [3.05, 3.63) is 16.0 Å². The van der Waals surface area contributed by atoms with Gasteiger partial charge in [-0.1, -0.05) is 0 Å². The summed E-state index contributed by atoms with van der Waals surface area (Å²) in [5.74, 6) is -0.251. The molecule has 2 unspecified atom stereocenters. The van der Waals surface area contributed by atoms with E-state index in [0.717, 1.165) is 49.3 Å². The van der Waals surface area contributed by atoms with E-state index in [-0.39, 0.29) is 18.1 Å². The molecule has 0 radical (unpaired) electrons. The number of rotatable bonds is 5. The van der Waals surface area contributed by atoms with Gasteiger partial charge in [-0.3, -0.25) is 0 Å². The number of ether oxygens (including phenoxy) is 2. The lowest BCUT2D eigenvalue weighted by atomic mass is 9.95. The van der Waals surface area contributed by atoms with Gasteiger partial charge in [0, 0.05) is 11.5 Å². The number of hydrogen-bond acceptors (Lipinski definition) is 5. The molecule has 1 aromatic rings. The molecule has 7 heteroatoms. The average Bonchev–Trinajstić information content (AvgIpc) is 3.22. The minimum atomic E-state index is -0.251. The van der Waals surface area contributed by atoms with Crippen molar-refractivity contribution in [3.8, 4) is 0 Å². The van der Waals surface area contributed by atoms with Crippen LogP contribution in [0.1, 0.15) is 60.3 Å². The van der Waals surface area contributed by atoms with Crippen molar-refractivity contribution in [2.45, 2.75) is 64.5 Å². The molecule has 2 aliphatic rings. The number of nitrogens with one attached hydrogen (secondary N) is 2. The van der Waals surface area contributed by atoms with Gasteiger partial charge in [0.15, 0.2) is 5.11 Å². The Morgan fingerprint density at radius 1 is 1.40 bits per heavy atom. The van der Waals surface area contributed by atoms with Gasteiger partial charge in [0.25, 0.3) is 0 Å². The maximum absolute atomic E-state index is 12.5. The van der Waals surface area contributed by atoms with E-state index < -0.39 is 0 Å². The number of thiocarbonyl (C=S) groups is 1. The van der Waals surface area contributed by atoms with Crippen molar-refractivity contribution in [1.82, 2.24) is 5.32 Å².